The molecule has 0 saturated heterocycles. The Morgan fingerprint density at radius 3 is 0.602 bits per heavy atom. The molecule has 0 radical (unpaired) electrons. The summed E-state index contributed by atoms with van der Waals surface area (Å²) in [6.07, 6.45) is 65.3. The summed E-state index contributed by atoms with van der Waals surface area (Å²) in [4.78, 5) is 72.8. The Balaban J connectivity index is 5.18. The molecule has 17 nitrogen and oxygen atoms in total. The third-order valence-corrected chi connectivity index (χ3v) is 20.5. The Morgan fingerprint density at radius 2 is 0.408 bits per heavy atom. The highest BCUT2D eigenvalue weighted by molar-refractivity contribution is 7.47. The van der Waals surface area contributed by atoms with Crippen molar-refractivity contribution in [2.75, 3.05) is 39.6 Å². The summed E-state index contributed by atoms with van der Waals surface area (Å²) in [5.41, 5.74) is 0. The fourth-order valence-electron chi connectivity index (χ4n) is 12.3. The fraction of sp³-hybridized carbons (Fsp3) is 0.949. The molecule has 19 heteroatoms. The van der Waals surface area contributed by atoms with Crippen molar-refractivity contribution in [1.29, 1.82) is 0 Å². The molecular formula is C79H154O17P2. The lowest BCUT2D eigenvalue weighted by atomic mass is 10.0. The van der Waals surface area contributed by atoms with Gasteiger partial charge in [-0.3, -0.25) is 37.3 Å². The van der Waals surface area contributed by atoms with Crippen molar-refractivity contribution in [3.05, 3.63) is 0 Å². The normalized spacial score (nSPS) is 13.8. The Bertz CT molecular complexity index is 1860. The predicted molar refractivity (Wildman–Crippen MR) is 400 cm³/mol. The van der Waals surface area contributed by atoms with Crippen molar-refractivity contribution in [2.45, 2.75) is 444 Å². The summed E-state index contributed by atoms with van der Waals surface area (Å²) in [7, 11) is -9.91. The monoisotopic (exact) mass is 1440 g/mol. The quantitative estimate of drug-likeness (QED) is 0.0222. The summed E-state index contributed by atoms with van der Waals surface area (Å²) in [5.74, 6) is -2.11. The van der Waals surface area contributed by atoms with Crippen LogP contribution in [0.5, 0.6) is 0 Å². The molecule has 0 amide bonds. The maximum Gasteiger partial charge on any atom is 0.472 e. The molecule has 0 bridgehead atoms. The second-order valence-electron chi connectivity index (χ2n) is 28.5. The topological polar surface area (TPSA) is 237 Å². The average Bonchev–Trinajstić information content (AvgIpc) is 0.992. The number of rotatable bonds is 80. The Labute approximate surface area is 600 Å². The number of aliphatic hydroxyl groups excluding tert-OH is 1. The van der Waals surface area contributed by atoms with E-state index in [9.17, 15) is 43.2 Å². The molecule has 5 atom stereocenters. The molecule has 0 aliphatic carbocycles. The van der Waals surface area contributed by atoms with E-state index in [1.807, 2.05) is 0 Å². The maximum atomic E-state index is 13.1. The van der Waals surface area contributed by atoms with Crippen LogP contribution in [0.1, 0.15) is 426 Å². The third kappa shape index (κ3) is 72.4. The van der Waals surface area contributed by atoms with Crippen molar-refractivity contribution < 1.29 is 80.2 Å². The molecule has 0 aliphatic heterocycles. The van der Waals surface area contributed by atoms with E-state index >= 15 is 0 Å². The third-order valence-electron chi connectivity index (χ3n) is 18.6. The number of esters is 4. The number of hydrogen-bond donors (Lipinski definition) is 3. The fourth-order valence-corrected chi connectivity index (χ4v) is 13.9. The van der Waals surface area contributed by atoms with Crippen LogP contribution in [0.15, 0.2) is 0 Å². The molecular weight excluding hydrogens is 1280 g/mol. The standard InChI is InChI=1S/C79H154O17P2/c1-5-9-13-17-21-25-28-31-33-35-37-38-40-42-44-47-50-54-58-62-66-79(84)96-75(70-90-77(82)64-60-56-52-48-46-43-41-39-36-34-32-29-26-22-18-14-10-6-2)72-94-98(87,88)92-68-73(80)67-91-97(85,86)93-71-74(69-89-76(81)63-59-55-51-24-20-16-12-8-4)95-78(83)65-61-57-53-49-45-30-27-23-19-15-11-7-3/h73-75,80H,5-72H2,1-4H3,(H,85,86)(H,87,88)/t73-,74+,75+/m0/s1. The number of carbonyl (C=O) groups excluding carboxylic acids is 4. The van der Waals surface area contributed by atoms with Crippen LogP contribution in [0.3, 0.4) is 0 Å². The van der Waals surface area contributed by atoms with E-state index in [0.717, 1.165) is 89.9 Å². The Kier molecular flexibility index (Phi) is 71.9. The highest BCUT2D eigenvalue weighted by Gasteiger charge is 2.30. The lowest BCUT2D eigenvalue weighted by Crippen LogP contribution is -2.30. The van der Waals surface area contributed by atoms with Gasteiger partial charge in [-0.2, -0.15) is 0 Å². The number of phosphoric acid groups is 2. The highest BCUT2D eigenvalue weighted by atomic mass is 31.2. The average molecular weight is 1440 g/mol. The van der Waals surface area contributed by atoms with E-state index in [-0.39, 0.29) is 25.7 Å². The van der Waals surface area contributed by atoms with Crippen molar-refractivity contribution in [1.82, 2.24) is 0 Å². The zero-order valence-electron chi connectivity index (χ0n) is 63.8. The Morgan fingerprint density at radius 1 is 0.245 bits per heavy atom. The van der Waals surface area contributed by atoms with Crippen LogP contribution in [0.4, 0.5) is 0 Å². The van der Waals surface area contributed by atoms with Gasteiger partial charge < -0.3 is 33.8 Å². The van der Waals surface area contributed by atoms with Gasteiger partial charge in [0.05, 0.1) is 26.4 Å². The van der Waals surface area contributed by atoms with Gasteiger partial charge in [0.1, 0.15) is 19.3 Å². The lowest BCUT2D eigenvalue weighted by molar-refractivity contribution is -0.161. The first-order chi connectivity index (χ1) is 47.7. The van der Waals surface area contributed by atoms with Crippen LogP contribution in [0.25, 0.3) is 0 Å². The van der Waals surface area contributed by atoms with E-state index in [0.29, 0.717) is 25.7 Å². The van der Waals surface area contributed by atoms with E-state index in [1.54, 1.807) is 0 Å². The van der Waals surface area contributed by atoms with Gasteiger partial charge in [0.2, 0.25) is 0 Å². The van der Waals surface area contributed by atoms with Crippen LogP contribution in [0, 0.1) is 0 Å². The first kappa shape index (κ1) is 96.1. The molecule has 0 aromatic heterocycles. The molecule has 98 heavy (non-hydrogen) atoms. The van der Waals surface area contributed by atoms with E-state index < -0.39 is 97.5 Å². The van der Waals surface area contributed by atoms with E-state index in [1.165, 1.54) is 257 Å². The van der Waals surface area contributed by atoms with Gasteiger partial charge in [-0.25, -0.2) is 9.13 Å². The van der Waals surface area contributed by atoms with Crippen molar-refractivity contribution >= 4 is 39.5 Å². The van der Waals surface area contributed by atoms with Crippen molar-refractivity contribution in [3.63, 3.8) is 0 Å². The molecule has 582 valence electrons. The van der Waals surface area contributed by atoms with Crippen LogP contribution in [-0.2, 0) is 65.4 Å². The molecule has 0 saturated carbocycles. The first-order valence-corrected chi connectivity index (χ1v) is 44.3. The number of unbranched alkanes of at least 4 members (excludes halogenated alkanes) is 54. The second kappa shape index (κ2) is 73.4. The van der Waals surface area contributed by atoms with Crippen LogP contribution in [0.2, 0.25) is 0 Å². The molecule has 3 N–H and O–H groups in total. The zero-order chi connectivity index (χ0) is 71.8. The number of carbonyl (C=O) groups is 4. The molecule has 0 heterocycles. The van der Waals surface area contributed by atoms with Crippen LogP contribution >= 0.6 is 15.6 Å². The SMILES string of the molecule is CCCCCCCCCCCCCCCCCCCCCCC(=O)O[C@H](COC(=O)CCCCCCCCCCCCCCCCCCCC)COP(=O)(O)OC[C@@H](O)COP(=O)(O)OC[C@@H](COC(=O)CCCCCCCCCC)OC(=O)CCCCCCCCCCCCCC. The smallest absolute Gasteiger partial charge is 0.462 e. The minimum Gasteiger partial charge on any atom is -0.462 e. The minimum absolute atomic E-state index is 0.108. The van der Waals surface area contributed by atoms with Crippen molar-refractivity contribution in [3.8, 4) is 0 Å². The molecule has 0 rings (SSSR count). The molecule has 2 unspecified atom stereocenters. The van der Waals surface area contributed by atoms with Crippen LogP contribution in [-0.4, -0.2) is 96.7 Å². The molecule has 0 aliphatic rings. The lowest BCUT2D eigenvalue weighted by Gasteiger charge is -2.21. The van der Waals surface area contributed by atoms with Gasteiger partial charge >= 0.3 is 39.5 Å². The van der Waals surface area contributed by atoms with Gasteiger partial charge in [-0.15, -0.1) is 0 Å². The maximum absolute atomic E-state index is 13.1. The van der Waals surface area contributed by atoms with Gasteiger partial charge in [0.15, 0.2) is 12.2 Å². The van der Waals surface area contributed by atoms with Gasteiger partial charge in [-0.05, 0) is 25.7 Å². The van der Waals surface area contributed by atoms with Crippen molar-refractivity contribution in [2.24, 2.45) is 0 Å². The summed E-state index contributed by atoms with van der Waals surface area (Å²) >= 11 is 0. The molecule has 0 fully saturated rings. The predicted octanol–water partition coefficient (Wildman–Crippen LogP) is 23.8. The van der Waals surface area contributed by atoms with Crippen LogP contribution < -0.4 is 0 Å². The number of ether oxygens (including phenoxy) is 4. The summed E-state index contributed by atoms with van der Waals surface area (Å²) < 4.78 is 68.5. The van der Waals surface area contributed by atoms with Gasteiger partial charge in [-0.1, -0.05) is 374 Å². The molecule has 0 spiro atoms. The second-order valence-corrected chi connectivity index (χ2v) is 31.4. The van der Waals surface area contributed by atoms with Gasteiger partial charge in [0.25, 0.3) is 0 Å². The first-order valence-electron chi connectivity index (χ1n) is 41.3. The van der Waals surface area contributed by atoms with E-state index in [2.05, 4.69) is 27.7 Å². The number of aliphatic hydroxyl groups is 1. The molecule has 0 aromatic carbocycles. The Hall–Kier alpha value is -1.94. The highest BCUT2D eigenvalue weighted by Crippen LogP contribution is 2.45. The zero-order valence-corrected chi connectivity index (χ0v) is 65.6. The summed E-state index contributed by atoms with van der Waals surface area (Å²) in [5, 5.41) is 10.6. The summed E-state index contributed by atoms with van der Waals surface area (Å²) in [6, 6.07) is 0. The summed E-state index contributed by atoms with van der Waals surface area (Å²) in [6.45, 7) is 4.98. The minimum atomic E-state index is -4.96. The number of hydrogen-bond acceptors (Lipinski definition) is 15. The molecule has 0 aromatic rings. The number of phosphoric ester groups is 2. The van der Waals surface area contributed by atoms with Gasteiger partial charge in [0, 0.05) is 25.7 Å². The van der Waals surface area contributed by atoms with E-state index in [4.69, 9.17) is 37.0 Å². The largest absolute Gasteiger partial charge is 0.472 e.